The van der Waals surface area contributed by atoms with Gasteiger partial charge in [-0.15, -0.1) is 5.10 Å². The van der Waals surface area contributed by atoms with Crippen LogP contribution in [0.25, 0.3) is 16.6 Å². The molecular weight excluding hydrogens is 416 g/mol. The molecule has 8 heteroatoms. The normalized spacial score (nSPS) is 11.9. The number of ether oxygens (including phenoxy) is 1. The first-order chi connectivity index (χ1) is 16.2. The van der Waals surface area contributed by atoms with E-state index >= 15 is 0 Å². The fraction of sp³-hybridized carbons (Fsp3) is 0.120. The maximum atomic E-state index is 13.0. The van der Waals surface area contributed by atoms with E-state index in [1.807, 2.05) is 60.8 Å². The molecule has 0 fully saturated rings. The third kappa shape index (κ3) is 4.18. The van der Waals surface area contributed by atoms with Crippen LogP contribution in [-0.2, 0) is 0 Å². The minimum absolute atomic E-state index is 0.0429. The van der Waals surface area contributed by atoms with Crippen LogP contribution in [0.1, 0.15) is 27.4 Å². The van der Waals surface area contributed by atoms with Gasteiger partial charge in [0.25, 0.3) is 5.91 Å². The molecular formula is C25H22N6O2. The Morgan fingerprint density at radius 3 is 2.73 bits per heavy atom. The number of hydrogen-bond donors (Lipinski definition) is 2. The van der Waals surface area contributed by atoms with E-state index in [4.69, 9.17) is 4.74 Å². The molecule has 5 rings (SSSR count). The van der Waals surface area contributed by atoms with Crippen molar-refractivity contribution in [3.05, 3.63) is 102 Å². The van der Waals surface area contributed by atoms with Gasteiger partial charge in [0.1, 0.15) is 12.1 Å². The SMILES string of the molecule is COc1ccc([C@@H](CNC(=O)c2cccc(-n3cnnn3)c2)c2c[nH]c3ccccc23)cc1. The minimum Gasteiger partial charge on any atom is -0.497 e. The Morgan fingerprint density at radius 2 is 1.94 bits per heavy atom. The van der Waals surface area contributed by atoms with Crippen LogP contribution in [0.15, 0.2) is 85.3 Å². The number of methoxy groups -OCH3 is 1. The van der Waals surface area contributed by atoms with Crippen molar-refractivity contribution in [2.75, 3.05) is 13.7 Å². The molecule has 2 N–H and O–H groups in total. The average Bonchev–Trinajstić information content (AvgIpc) is 3.55. The van der Waals surface area contributed by atoms with Gasteiger partial charge in [-0.3, -0.25) is 4.79 Å². The molecule has 3 aromatic carbocycles. The van der Waals surface area contributed by atoms with Gasteiger partial charge in [-0.25, -0.2) is 4.68 Å². The van der Waals surface area contributed by atoms with Crippen molar-refractivity contribution in [2.45, 2.75) is 5.92 Å². The van der Waals surface area contributed by atoms with E-state index in [2.05, 4.69) is 31.9 Å². The number of para-hydroxylation sites is 1. The van der Waals surface area contributed by atoms with Crippen LogP contribution < -0.4 is 10.1 Å². The van der Waals surface area contributed by atoms with Crippen molar-refractivity contribution in [1.29, 1.82) is 0 Å². The predicted octanol–water partition coefficient (Wildman–Crippen LogP) is 3.71. The van der Waals surface area contributed by atoms with Crippen molar-refractivity contribution < 1.29 is 9.53 Å². The van der Waals surface area contributed by atoms with Gasteiger partial charge < -0.3 is 15.0 Å². The molecule has 0 aliphatic heterocycles. The fourth-order valence-corrected chi connectivity index (χ4v) is 3.99. The molecule has 0 aliphatic carbocycles. The number of carbonyl (C=O) groups excluding carboxylic acids is 1. The van der Waals surface area contributed by atoms with Crippen molar-refractivity contribution in [1.82, 2.24) is 30.5 Å². The summed E-state index contributed by atoms with van der Waals surface area (Å²) in [7, 11) is 1.65. The van der Waals surface area contributed by atoms with Crippen LogP contribution in [0.2, 0.25) is 0 Å². The number of benzene rings is 3. The molecule has 33 heavy (non-hydrogen) atoms. The molecule has 0 aliphatic rings. The molecule has 164 valence electrons. The maximum absolute atomic E-state index is 13.0. The number of nitrogens with zero attached hydrogens (tertiary/aromatic N) is 4. The summed E-state index contributed by atoms with van der Waals surface area (Å²) in [6.45, 7) is 0.433. The van der Waals surface area contributed by atoms with Crippen LogP contribution in [0, 0.1) is 0 Å². The van der Waals surface area contributed by atoms with Gasteiger partial charge in [-0.1, -0.05) is 36.4 Å². The van der Waals surface area contributed by atoms with E-state index in [1.54, 1.807) is 19.2 Å². The van der Waals surface area contributed by atoms with Gasteiger partial charge in [-0.05, 0) is 58.0 Å². The standard InChI is InChI=1S/C25H22N6O2/c1-33-20-11-9-17(10-12-20)22(23-15-26-24-8-3-2-7-21(23)24)14-27-25(32)18-5-4-6-19(13-18)31-16-28-29-30-31/h2-13,15-16,22,26H,14H2,1H3,(H,27,32)/t22-/m1/s1. The Labute approximate surface area is 190 Å². The zero-order chi connectivity index (χ0) is 22.6. The zero-order valence-electron chi connectivity index (χ0n) is 18.0. The molecule has 5 aromatic rings. The number of tetrazole rings is 1. The number of amides is 1. The van der Waals surface area contributed by atoms with E-state index < -0.39 is 0 Å². The summed E-state index contributed by atoms with van der Waals surface area (Å²) >= 11 is 0. The number of fused-ring (bicyclic) bond motifs is 1. The zero-order valence-corrected chi connectivity index (χ0v) is 18.0. The highest BCUT2D eigenvalue weighted by molar-refractivity contribution is 5.95. The largest absolute Gasteiger partial charge is 0.497 e. The Morgan fingerprint density at radius 1 is 1.09 bits per heavy atom. The highest BCUT2D eigenvalue weighted by atomic mass is 16.5. The topological polar surface area (TPSA) is 97.7 Å². The monoisotopic (exact) mass is 438 g/mol. The van der Waals surface area contributed by atoms with Crippen LogP contribution in [0.5, 0.6) is 5.75 Å². The van der Waals surface area contributed by atoms with Crippen LogP contribution in [-0.4, -0.2) is 44.8 Å². The highest BCUT2D eigenvalue weighted by Crippen LogP contribution is 2.31. The lowest BCUT2D eigenvalue weighted by Gasteiger charge is -2.19. The summed E-state index contributed by atoms with van der Waals surface area (Å²) in [5.74, 6) is 0.585. The molecule has 8 nitrogen and oxygen atoms in total. The second-order valence-electron chi connectivity index (χ2n) is 7.63. The summed E-state index contributed by atoms with van der Waals surface area (Å²) in [5.41, 5.74) is 4.53. The first-order valence-corrected chi connectivity index (χ1v) is 10.5. The Bertz CT molecular complexity index is 1380. The molecule has 0 spiro atoms. The third-order valence-electron chi connectivity index (χ3n) is 5.70. The molecule has 0 bridgehead atoms. The van der Waals surface area contributed by atoms with Crippen molar-refractivity contribution in [3.63, 3.8) is 0 Å². The first kappa shape index (κ1) is 20.4. The smallest absolute Gasteiger partial charge is 0.251 e. The quantitative estimate of drug-likeness (QED) is 0.404. The van der Waals surface area contributed by atoms with Crippen LogP contribution in [0.4, 0.5) is 0 Å². The number of nitrogens with one attached hydrogen (secondary N) is 2. The number of H-pyrrole nitrogens is 1. The van der Waals surface area contributed by atoms with E-state index in [1.165, 1.54) is 11.0 Å². The Balaban J connectivity index is 1.43. The van der Waals surface area contributed by atoms with Gasteiger partial charge in [0.2, 0.25) is 0 Å². The maximum Gasteiger partial charge on any atom is 0.251 e. The lowest BCUT2D eigenvalue weighted by Crippen LogP contribution is -2.29. The highest BCUT2D eigenvalue weighted by Gasteiger charge is 2.20. The molecule has 2 aromatic heterocycles. The van der Waals surface area contributed by atoms with Crippen molar-refractivity contribution in [3.8, 4) is 11.4 Å². The average molecular weight is 438 g/mol. The summed E-state index contributed by atoms with van der Waals surface area (Å²) in [5, 5.41) is 15.4. The number of aromatic amines is 1. The lowest BCUT2D eigenvalue weighted by molar-refractivity contribution is 0.0952. The van der Waals surface area contributed by atoms with Gasteiger partial charge in [0.15, 0.2) is 0 Å². The van der Waals surface area contributed by atoms with E-state index in [9.17, 15) is 4.79 Å². The molecule has 2 heterocycles. The summed E-state index contributed by atoms with van der Waals surface area (Å²) in [6.07, 6.45) is 3.51. The number of hydrogen-bond acceptors (Lipinski definition) is 5. The Kier molecular flexibility index (Phi) is 5.55. The fourth-order valence-electron chi connectivity index (χ4n) is 3.99. The van der Waals surface area contributed by atoms with Crippen LogP contribution in [0.3, 0.4) is 0 Å². The second-order valence-corrected chi connectivity index (χ2v) is 7.63. The van der Waals surface area contributed by atoms with Gasteiger partial charge in [-0.2, -0.15) is 0 Å². The third-order valence-corrected chi connectivity index (χ3v) is 5.70. The minimum atomic E-state index is -0.164. The molecule has 0 unspecified atom stereocenters. The predicted molar refractivity (Wildman–Crippen MR) is 125 cm³/mol. The van der Waals surface area contributed by atoms with Crippen molar-refractivity contribution >= 4 is 16.8 Å². The van der Waals surface area contributed by atoms with Gasteiger partial charge in [0.05, 0.1) is 12.8 Å². The molecule has 0 radical (unpaired) electrons. The second kappa shape index (κ2) is 8.96. The number of rotatable bonds is 7. The summed E-state index contributed by atoms with van der Waals surface area (Å²) in [6, 6.07) is 23.3. The Hall–Kier alpha value is -4.46. The van der Waals surface area contributed by atoms with Gasteiger partial charge in [0, 0.05) is 35.1 Å². The first-order valence-electron chi connectivity index (χ1n) is 10.5. The van der Waals surface area contributed by atoms with Crippen molar-refractivity contribution in [2.24, 2.45) is 0 Å². The van der Waals surface area contributed by atoms with E-state index in [0.29, 0.717) is 12.1 Å². The van der Waals surface area contributed by atoms with Gasteiger partial charge >= 0.3 is 0 Å². The molecule has 0 saturated carbocycles. The number of aromatic nitrogens is 5. The molecule has 1 amide bonds. The molecule has 1 atom stereocenters. The molecule has 0 saturated heterocycles. The van der Waals surface area contributed by atoms with E-state index in [-0.39, 0.29) is 11.8 Å². The summed E-state index contributed by atoms with van der Waals surface area (Å²) < 4.78 is 6.83. The van der Waals surface area contributed by atoms with Crippen LogP contribution >= 0.6 is 0 Å². The number of carbonyl (C=O) groups is 1. The van der Waals surface area contributed by atoms with E-state index in [0.717, 1.165) is 33.5 Å². The lowest BCUT2D eigenvalue weighted by atomic mass is 9.90. The summed E-state index contributed by atoms with van der Waals surface area (Å²) in [4.78, 5) is 16.4.